The molecule has 9 heteroatoms. The van der Waals surface area contributed by atoms with Crippen LogP contribution in [0.3, 0.4) is 0 Å². The maximum atomic E-state index is 13.0. The van der Waals surface area contributed by atoms with Crippen molar-refractivity contribution in [1.82, 2.24) is 14.1 Å². The van der Waals surface area contributed by atoms with Crippen molar-refractivity contribution in [2.24, 2.45) is 0 Å². The van der Waals surface area contributed by atoms with Gasteiger partial charge in [-0.3, -0.25) is 4.79 Å². The average molecular weight is 465 g/mol. The number of benzene rings is 3. The lowest BCUT2D eigenvalue weighted by Crippen LogP contribution is -2.23. The average Bonchev–Trinajstić information content (AvgIpc) is 3.25. The van der Waals surface area contributed by atoms with Crippen LogP contribution >= 0.6 is 0 Å². The minimum absolute atomic E-state index is 0.0769. The van der Waals surface area contributed by atoms with Gasteiger partial charge in [-0.2, -0.15) is 5.10 Å². The second-order valence-electron chi connectivity index (χ2n) is 7.62. The number of carbonyl (C=O) groups excluding carboxylic acids is 1. The molecule has 0 saturated heterocycles. The van der Waals surface area contributed by atoms with E-state index in [1.165, 1.54) is 39.4 Å². The number of nitrogens with zero attached hydrogens (tertiary/aromatic N) is 3. The number of ether oxygens (including phenoxy) is 1. The van der Waals surface area contributed by atoms with Crippen LogP contribution in [0.2, 0.25) is 0 Å². The highest BCUT2D eigenvalue weighted by molar-refractivity contribution is 7.89. The minimum atomic E-state index is -3.80. The fourth-order valence-corrected chi connectivity index (χ4v) is 4.64. The summed E-state index contributed by atoms with van der Waals surface area (Å²) in [6, 6.07) is 20.1. The first-order chi connectivity index (χ1) is 15.8. The number of hydrogen-bond donors (Lipinski definition) is 1. The molecule has 3 aromatic carbocycles. The van der Waals surface area contributed by atoms with Gasteiger partial charge in [-0.05, 0) is 34.5 Å². The molecule has 0 aliphatic rings. The van der Waals surface area contributed by atoms with Crippen LogP contribution in [0, 0.1) is 0 Å². The molecule has 170 valence electrons. The van der Waals surface area contributed by atoms with E-state index in [1.54, 1.807) is 16.9 Å². The van der Waals surface area contributed by atoms with E-state index in [1.807, 2.05) is 36.4 Å². The molecule has 4 aromatic rings. The molecule has 0 radical (unpaired) electrons. The van der Waals surface area contributed by atoms with Crippen LogP contribution < -0.4 is 10.1 Å². The number of amides is 1. The molecule has 0 saturated carbocycles. The first kappa shape index (κ1) is 22.5. The maximum absolute atomic E-state index is 13.0. The first-order valence-corrected chi connectivity index (χ1v) is 11.7. The summed E-state index contributed by atoms with van der Waals surface area (Å²) >= 11 is 0. The predicted octanol–water partition coefficient (Wildman–Crippen LogP) is 3.60. The number of aromatic nitrogens is 2. The zero-order valence-corrected chi connectivity index (χ0v) is 19.3. The van der Waals surface area contributed by atoms with E-state index < -0.39 is 15.9 Å². The third-order valence-electron chi connectivity index (χ3n) is 5.34. The lowest BCUT2D eigenvalue weighted by molar-refractivity contribution is 0.102. The molecule has 0 spiro atoms. The van der Waals surface area contributed by atoms with E-state index in [-0.39, 0.29) is 16.2 Å². The van der Waals surface area contributed by atoms with Gasteiger partial charge in [0.25, 0.3) is 5.91 Å². The summed E-state index contributed by atoms with van der Waals surface area (Å²) in [6.45, 7) is 0.465. The van der Waals surface area contributed by atoms with Crippen molar-refractivity contribution in [3.05, 3.63) is 84.1 Å². The molecular weight excluding hydrogens is 440 g/mol. The smallest absolute Gasteiger partial charge is 0.256 e. The Morgan fingerprint density at radius 2 is 1.82 bits per heavy atom. The van der Waals surface area contributed by atoms with Crippen molar-refractivity contribution in [1.29, 1.82) is 0 Å². The van der Waals surface area contributed by atoms with Gasteiger partial charge in [-0.25, -0.2) is 17.4 Å². The Labute approximate surface area is 192 Å². The molecule has 0 aliphatic carbocycles. The minimum Gasteiger partial charge on any atom is -0.495 e. The van der Waals surface area contributed by atoms with Crippen molar-refractivity contribution in [2.75, 3.05) is 26.5 Å². The highest BCUT2D eigenvalue weighted by Crippen LogP contribution is 2.27. The maximum Gasteiger partial charge on any atom is 0.256 e. The second kappa shape index (κ2) is 9.05. The van der Waals surface area contributed by atoms with Gasteiger partial charge in [0.05, 0.1) is 19.9 Å². The van der Waals surface area contributed by atoms with Gasteiger partial charge < -0.3 is 10.1 Å². The predicted molar refractivity (Wildman–Crippen MR) is 127 cm³/mol. The third-order valence-corrected chi connectivity index (χ3v) is 7.18. The zero-order valence-electron chi connectivity index (χ0n) is 18.5. The van der Waals surface area contributed by atoms with E-state index in [0.717, 1.165) is 20.6 Å². The highest BCUT2D eigenvalue weighted by Gasteiger charge is 2.24. The highest BCUT2D eigenvalue weighted by atomic mass is 32.2. The fraction of sp³-hybridized carbons (Fsp3) is 0.167. The quantitative estimate of drug-likeness (QED) is 0.451. The van der Waals surface area contributed by atoms with Crippen LogP contribution in [0.1, 0.15) is 15.9 Å². The molecule has 0 atom stereocenters. The van der Waals surface area contributed by atoms with Crippen molar-refractivity contribution in [3.63, 3.8) is 0 Å². The van der Waals surface area contributed by atoms with Crippen LogP contribution in [0.25, 0.3) is 10.8 Å². The molecule has 0 unspecified atom stereocenters. The normalized spacial score (nSPS) is 11.6. The summed E-state index contributed by atoms with van der Waals surface area (Å²) in [5, 5.41) is 9.42. The monoisotopic (exact) mass is 464 g/mol. The molecule has 0 bridgehead atoms. The van der Waals surface area contributed by atoms with Gasteiger partial charge in [-0.15, -0.1) is 0 Å². The molecule has 1 N–H and O–H groups in total. The van der Waals surface area contributed by atoms with Crippen LogP contribution in [0.5, 0.6) is 5.75 Å². The van der Waals surface area contributed by atoms with Gasteiger partial charge >= 0.3 is 0 Å². The molecule has 0 aliphatic heterocycles. The van der Waals surface area contributed by atoms with Crippen molar-refractivity contribution >= 4 is 32.5 Å². The molecule has 1 amide bonds. The van der Waals surface area contributed by atoms with Crippen LogP contribution in [-0.2, 0) is 16.6 Å². The Bertz CT molecular complexity index is 1420. The Balaban J connectivity index is 1.62. The van der Waals surface area contributed by atoms with Crippen LogP contribution in [0.15, 0.2) is 77.8 Å². The standard InChI is InChI=1S/C24H24N4O4S/c1-27(2)33(30,31)22-15-18(11-12-21(22)32-3)24(29)26-23-13-14-25-28(23)16-19-9-6-8-17-7-4-5-10-20(17)19/h4-15H,16H2,1-3H3,(H,26,29). The Morgan fingerprint density at radius 1 is 1.06 bits per heavy atom. The zero-order chi connectivity index (χ0) is 23.6. The van der Waals surface area contributed by atoms with Gasteiger partial charge in [-0.1, -0.05) is 42.5 Å². The second-order valence-corrected chi connectivity index (χ2v) is 9.74. The summed E-state index contributed by atoms with van der Waals surface area (Å²) in [5.41, 5.74) is 1.25. The Morgan fingerprint density at radius 3 is 2.58 bits per heavy atom. The lowest BCUT2D eigenvalue weighted by atomic mass is 10.0. The summed E-state index contributed by atoms with van der Waals surface area (Å²) in [7, 11) is 0.436. The molecule has 8 nitrogen and oxygen atoms in total. The molecule has 1 heterocycles. The van der Waals surface area contributed by atoms with E-state index >= 15 is 0 Å². The van der Waals surface area contributed by atoms with E-state index in [0.29, 0.717) is 12.4 Å². The summed E-state index contributed by atoms with van der Waals surface area (Å²) in [4.78, 5) is 12.9. The lowest BCUT2D eigenvalue weighted by Gasteiger charge is -2.16. The van der Waals surface area contributed by atoms with Crippen molar-refractivity contribution in [2.45, 2.75) is 11.4 Å². The van der Waals surface area contributed by atoms with E-state index in [9.17, 15) is 13.2 Å². The number of hydrogen-bond acceptors (Lipinski definition) is 5. The number of fused-ring (bicyclic) bond motifs is 1. The molecule has 33 heavy (non-hydrogen) atoms. The first-order valence-electron chi connectivity index (χ1n) is 10.2. The molecule has 1 aromatic heterocycles. The van der Waals surface area contributed by atoms with Gasteiger partial charge in [0.2, 0.25) is 10.0 Å². The Kier molecular flexibility index (Phi) is 6.17. The van der Waals surface area contributed by atoms with Gasteiger partial charge in [0, 0.05) is 25.7 Å². The fourth-order valence-electron chi connectivity index (χ4n) is 3.56. The van der Waals surface area contributed by atoms with E-state index in [2.05, 4.69) is 16.5 Å². The summed E-state index contributed by atoms with van der Waals surface area (Å²) in [6.07, 6.45) is 1.61. The number of rotatable bonds is 7. The number of anilines is 1. The number of sulfonamides is 1. The van der Waals surface area contributed by atoms with Crippen molar-refractivity contribution < 1.29 is 17.9 Å². The molecular formula is C24H24N4O4S. The largest absolute Gasteiger partial charge is 0.495 e. The van der Waals surface area contributed by atoms with E-state index in [4.69, 9.17) is 4.74 Å². The topological polar surface area (TPSA) is 93.5 Å². The number of nitrogens with one attached hydrogen (secondary N) is 1. The van der Waals surface area contributed by atoms with Crippen molar-refractivity contribution in [3.8, 4) is 5.75 Å². The number of carbonyl (C=O) groups is 1. The Hall–Kier alpha value is -3.69. The van der Waals surface area contributed by atoms with Gasteiger partial charge in [0.1, 0.15) is 16.5 Å². The van der Waals surface area contributed by atoms with Crippen LogP contribution in [0.4, 0.5) is 5.82 Å². The molecule has 4 rings (SSSR count). The van der Waals surface area contributed by atoms with Gasteiger partial charge in [0.15, 0.2) is 0 Å². The third kappa shape index (κ3) is 4.46. The van der Waals surface area contributed by atoms with Crippen LogP contribution in [-0.4, -0.2) is 49.6 Å². The summed E-state index contributed by atoms with van der Waals surface area (Å²) in [5.74, 6) is 0.217. The SMILES string of the molecule is COc1ccc(C(=O)Nc2ccnn2Cc2cccc3ccccc23)cc1S(=O)(=O)N(C)C. The molecule has 0 fully saturated rings. The summed E-state index contributed by atoms with van der Waals surface area (Å²) < 4.78 is 33.3. The number of methoxy groups -OCH3 is 1.